The van der Waals surface area contributed by atoms with Gasteiger partial charge in [-0.25, -0.2) is 27.6 Å². The summed E-state index contributed by atoms with van der Waals surface area (Å²) < 4.78 is 58.8. The van der Waals surface area contributed by atoms with E-state index in [1.54, 1.807) is 121 Å². The van der Waals surface area contributed by atoms with Crippen molar-refractivity contribution < 1.29 is 90.4 Å². The number of hydrogen-bond acceptors (Lipinski definition) is 18. The Morgan fingerprint density at radius 3 is 1.09 bits per heavy atom. The number of carbonyl (C=O) groups is 12. The van der Waals surface area contributed by atoms with Gasteiger partial charge in [-0.1, -0.05) is 126 Å². The lowest BCUT2D eigenvalue weighted by Crippen LogP contribution is -2.46. The molecular formula is C89H76Cl4F3N15O16. The molecule has 38 heteroatoms. The molecule has 0 radical (unpaired) electrons. The van der Waals surface area contributed by atoms with Crippen LogP contribution in [0.1, 0.15) is 101 Å². The summed E-state index contributed by atoms with van der Waals surface area (Å²) in [5.41, 5.74) is 19.9. The van der Waals surface area contributed by atoms with Gasteiger partial charge in [0.15, 0.2) is 34.5 Å². The molecule has 6 fully saturated rings. The van der Waals surface area contributed by atoms with Gasteiger partial charge in [0.25, 0.3) is 17.7 Å². The number of halogens is 7. The average Bonchev–Trinajstić information content (AvgIpc) is 1.58. The number of primary amides is 3. The summed E-state index contributed by atoms with van der Waals surface area (Å²) in [6.07, 6.45) is 4.38. The largest absolute Gasteiger partial charge is 0.480 e. The molecule has 0 bridgehead atoms. The fourth-order valence-electron chi connectivity index (χ4n) is 16.4. The molecule has 0 unspecified atom stereocenters. The van der Waals surface area contributed by atoms with Crippen molar-refractivity contribution in [2.75, 3.05) is 30.2 Å². The van der Waals surface area contributed by atoms with Crippen molar-refractivity contribution >= 4 is 168 Å². The van der Waals surface area contributed by atoms with Gasteiger partial charge in [-0.3, -0.25) is 57.2 Å². The lowest BCUT2D eigenvalue weighted by molar-refractivity contribution is -0.138. The van der Waals surface area contributed by atoms with E-state index in [0.29, 0.717) is 89.4 Å². The smallest absolute Gasteiger partial charge is 0.337 e. The molecule has 9 atom stereocenters. The molecule has 12 N–H and O–H groups in total. The minimum atomic E-state index is -1.19. The van der Waals surface area contributed by atoms with Crippen molar-refractivity contribution in [3.05, 3.63) is 248 Å². The number of esters is 2. The molecule has 3 aliphatic heterocycles. The molecule has 6 heterocycles. The second-order valence-electron chi connectivity index (χ2n) is 30.7. The minimum absolute atomic E-state index is 0. The predicted molar refractivity (Wildman–Crippen MR) is 463 cm³/mol. The van der Waals surface area contributed by atoms with Crippen LogP contribution in [0.4, 0.5) is 30.2 Å². The molecule has 12 aromatic rings. The van der Waals surface area contributed by atoms with E-state index in [2.05, 4.69) is 41.3 Å². The highest BCUT2D eigenvalue weighted by Crippen LogP contribution is 2.50. The number of nitrogens with one attached hydrogen (secondary N) is 4. The number of piperidine rings is 3. The second kappa shape index (κ2) is 37.0. The van der Waals surface area contributed by atoms with Crippen LogP contribution in [0.5, 0.6) is 0 Å². The molecular weight excluding hydrogens is 1730 g/mol. The molecule has 0 spiro atoms. The Hall–Kier alpha value is -14.1. The SMILES string of the molecule is COC(=O)c1ccc2c(c1)c(C(N)=O)nn2CC(=O)N1[C@@H]2C[C@@H]2C[C@H]1C(=O)Nc1cccc(-c2ccccc2Cl)c1F.COC(=O)c1ccc2c(c1)c(C(N)=O)nn2CC(=O)O.Cl.NC(=O)c1nn(CC(=O)N2[C@@H]3C[C@@H]3C[C@H]2C(=O)Nc2cccc(-c3ccccc3Cl)c2F)c2ccc(C(=O)O)cc12.O=C(Nc1cccc(-c2ccccc2Cl)c1F)[C@@H]1C[C@H]2C[C@H]2N1. The first-order valence-corrected chi connectivity index (χ1v) is 40.5. The normalized spacial score (nSPS) is 18.6. The molecule has 3 saturated carbocycles. The van der Waals surface area contributed by atoms with Gasteiger partial charge in [-0.2, -0.15) is 15.3 Å². The zero-order valence-electron chi connectivity index (χ0n) is 67.0. The Morgan fingerprint density at radius 2 is 0.764 bits per heavy atom. The molecule has 3 aliphatic carbocycles. The monoisotopic (exact) mass is 1810 g/mol. The highest BCUT2D eigenvalue weighted by molar-refractivity contribution is 6.34. The van der Waals surface area contributed by atoms with Crippen molar-refractivity contribution in [2.24, 2.45) is 35.0 Å². The Morgan fingerprint density at radius 1 is 0.425 bits per heavy atom. The van der Waals surface area contributed by atoms with Crippen LogP contribution in [0.15, 0.2) is 182 Å². The third-order valence-electron chi connectivity index (χ3n) is 22.7. The highest BCUT2D eigenvalue weighted by Gasteiger charge is 2.57. The topological polar surface area (TPSA) is 450 Å². The maximum atomic E-state index is 15.5. The number of benzene rings is 9. The van der Waals surface area contributed by atoms with E-state index in [-0.39, 0.29) is 135 Å². The van der Waals surface area contributed by atoms with Crippen LogP contribution < -0.4 is 38.5 Å². The van der Waals surface area contributed by atoms with Gasteiger partial charge in [-0.05, 0) is 147 Å². The third-order valence-corrected chi connectivity index (χ3v) is 23.7. The van der Waals surface area contributed by atoms with Gasteiger partial charge < -0.3 is 68.0 Å². The number of fused-ring (bicyclic) bond motifs is 6. The van der Waals surface area contributed by atoms with E-state index in [4.69, 9.17) is 61.8 Å². The molecule has 6 aliphatic rings. The van der Waals surface area contributed by atoms with Crippen LogP contribution in [0, 0.1) is 35.2 Å². The van der Waals surface area contributed by atoms with Crippen LogP contribution in [0.25, 0.3) is 66.1 Å². The van der Waals surface area contributed by atoms with Crippen LogP contribution in [0.3, 0.4) is 0 Å². The standard InChI is InChI=1S/C30H25ClFN5O5.C29H23ClFN5O5.C18H16ClFN2O.C12H11N3O5.ClH/c1-42-30(41)15-9-10-22-19(11-15)27(28(33)39)35-36(22)14-25(38)37-23-12-16(23)13-24(37)29(40)34-21-8-4-6-18(26(21)32)17-5-2-3-7-20(17)31;30-19-6-2-1-4-16(19)17-5-3-7-20(25(17)31)33-28(39)23-12-15-11-22(15)36(23)24(37)13-35-21-9-8-14(29(40)41)10-18(21)26(34-35)27(32)38;19-13-6-2-1-4-11(13)12-5-3-7-14(17(12)20)22-18(23)16-9-10-8-15(10)21-16;1-20-12(19)6-2-3-8-7(4-6)10(11(13)18)14-15(8)5-9(16)17;/h2-11,16,23-24H,12-14H2,1H3,(H2,33,39)(H,34,40);1-10,15,22-23H,11-13H2,(H2,32,38)(H,33,39)(H,40,41);1-7,10,15-16,21H,8-9H2,(H,22,23);2-4H,5H2,1H3,(H2,13,18)(H,16,17);1H/t16-,23-,24+;15-,22-,23+;10-,15-,16+;;/m111../s1. The molecule has 18 rings (SSSR count). The van der Waals surface area contributed by atoms with Gasteiger partial charge in [0, 0.05) is 82.7 Å². The van der Waals surface area contributed by atoms with E-state index in [1.807, 2.05) is 0 Å². The minimum Gasteiger partial charge on any atom is -0.480 e. The van der Waals surface area contributed by atoms with Crippen LogP contribution in [-0.2, 0) is 57.9 Å². The molecule has 8 amide bonds. The fraction of sp³-hybridized carbons (Fsp3) is 0.225. The van der Waals surface area contributed by atoms with Crippen molar-refractivity contribution in [1.82, 2.24) is 44.5 Å². The lowest BCUT2D eigenvalue weighted by Gasteiger charge is -2.27. The number of anilines is 3. The summed E-state index contributed by atoms with van der Waals surface area (Å²) in [5, 5.41) is 43.7. The van der Waals surface area contributed by atoms with E-state index in [1.165, 1.54) is 94.0 Å². The maximum absolute atomic E-state index is 15.5. The first-order valence-electron chi connectivity index (χ1n) is 39.3. The van der Waals surface area contributed by atoms with Gasteiger partial charge in [0.1, 0.15) is 31.7 Å². The van der Waals surface area contributed by atoms with Crippen LogP contribution >= 0.6 is 47.2 Å². The number of nitrogens with zero attached hydrogens (tertiary/aromatic N) is 8. The van der Waals surface area contributed by atoms with Crippen LogP contribution in [0.2, 0.25) is 15.1 Å². The summed E-state index contributed by atoms with van der Waals surface area (Å²) in [4.78, 5) is 150. The molecule has 31 nitrogen and oxygen atoms in total. The summed E-state index contributed by atoms with van der Waals surface area (Å²) in [5.74, 6) is -8.76. The molecule has 652 valence electrons. The maximum Gasteiger partial charge on any atom is 0.337 e. The number of aromatic nitrogens is 6. The molecule has 127 heavy (non-hydrogen) atoms. The molecule has 9 aromatic carbocycles. The molecule has 3 saturated heterocycles. The quantitative estimate of drug-likeness (QED) is 0.0302. The Balaban J connectivity index is 0.000000143. The number of carbonyl (C=O) groups excluding carboxylic acids is 10. The zero-order valence-corrected chi connectivity index (χ0v) is 70.1. The number of ether oxygens (including phenoxy) is 2. The number of likely N-dealkylation sites (tertiary alicyclic amines) is 2. The number of carboxylic acid groups (broad SMARTS) is 2. The fourth-order valence-corrected chi connectivity index (χ4v) is 17.2. The summed E-state index contributed by atoms with van der Waals surface area (Å²) in [6.45, 7) is -0.994. The number of amides is 8. The second-order valence-corrected chi connectivity index (χ2v) is 31.9. The van der Waals surface area contributed by atoms with E-state index < -0.39 is 95.4 Å². The van der Waals surface area contributed by atoms with Crippen molar-refractivity contribution in [1.29, 1.82) is 0 Å². The van der Waals surface area contributed by atoms with Gasteiger partial charge in [0.05, 0.1) is 70.6 Å². The van der Waals surface area contributed by atoms with Crippen LogP contribution in [-0.4, -0.2) is 171 Å². The number of nitrogens with two attached hydrogens (primary N) is 3. The van der Waals surface area contributed by atoms with Gasteiger partial charge in [-0.15, -0.1) is 12.4 Å². The predicted octanol–water partition coefficient (Wildman–Crippen LogP) is 12.2. The van der Waals surface area contributed by atoms with Crippen molar-refractivity contribution in [3.63, 3.8) is 0 Å². The lowest BCUT2D eigenvalue weighted by atomic mass is 10.0. The van der Waals surface area contributed by atoms with E-state index in [9.17, 15) is 67.0 Å². The van der Waals surface area contributed by atoms with Gasteiger partial charge >= 0.3 is 23.9 Å². The Bertz CT molecular complexity index is 6540. The van der Waals surface area contributed by atoms with E-state index >= 15 is 8.78 Å². The number of carboxylic acids is 2. The highest BCUT2D eigenvalue weighted by atomic mass is 35.5. The van der Waals surface area contributed by atoms with E-state index in [0.717, 1.165) is 30.4 Å². The first-order chi connectivity index (χ1) is 60.4. The number of methoxy groups -OCH3 is 2. The number of rotatable bonds is 21. The Labute approximate surface area is 739 Å². The first kappa shape index (κ1) is 89.2. The number of aromatic carboxylic acids is 1. The van der Waals surface area contributed by atoms with Gasteiger partial charge in [0.2, 0.25) is 29.5 Å². The summed E-state index contributed by atoms with van der Waals surface area (Å²) >= 11 is 18.7. The number of aliphatic carboxylic acids is 1. The summed E-state index contributed by atoms with van der Waals surface area (Å²) in [6, 6.07) is 46.2. The zero-order chi connectivity index (χ0) is 89.5. The van der Waals surface area contributed by atoms with Crippen molar-refractivity contribution in [3.8, 4) is 33.4 Å². The number of hydrogen-bond donors (Lipinski definition) is 9. The Kier molecular flexibility index (Phi) is 26.0. The van der Waals surface area contributed by atoms with Crippen molar-refractivity contribution in [2.45, 2.75) is 94.4 Å². The summed E-state index contributed by atoms with van der Waals surface area (Å²) in [7, 11) is 2.47. The molecule has 3 aromatic heterocycles. The third kappa shape index (κ3) is 18.6. The average molecular weight is 1810 g/mol.